The molecule has 0 aliphatic carbocycles. The number of hydrogen-bond donors (Lipinski definition) is 5. The van der Waals surface area contributed by atoms with E-state index >= 15 is 0 Å². The largest absolute Gasteiger partial charge is 0.396 e. The molecule has 0 spiro atoms. The smallest absolute Gasteiger partial charge is 0.202 e. The van der Waals surface area contributed by atoms with Crippen molar-refractivity contribution in [3.63, 3.8) is 0 Å². The average molecular weight is 252 g/mol. The third kappa shape index (κ3) is 2.49. The molecule has 0 radical (unpaired) electrons. The number of aliphatic hydroxyl groups is 2. The van der Waals surface area contributed by atoms with Gasteiger partial charge in [-0.3, -0.25) is 5.41 Å². The molecule has 2 rings (SSSR count). The SMILES string of the molecule is N=c1ncn(CCCO)c2nc(NCCO)[nH]c12. The second kappa shape index (κ2) is 5.61. The van der Waals surface area contributed by atoms with E-state index in [0.29, 0.717) is 36.6 Å². The highest BCUT2D eigenvalue weighted by molar-refractivity contribution is 5.72. The molecule has 0 fully saturated rings. The number of aryl methyl sites for hydroxylation is 1. The molecule has 2 aromatic rings. The predicted octanol–water partition coefficient (Wildman–Crippen LogP) is -0.975. The summed E-state index contributed by atoms with van der Waals surface area (Å²) in [4.78, 5) is 11.2. The number of imidazole rings is 1. The Morgan fingerprint density at radius 2 is 2.22 bits per heavy atom. The van der Waals surface area contributed by atoms with Gasteiger partial charge in [-0.05, 0) is 6.42 Å². The van der Waals surface area contributed by atoms with E-state index in [4.69, 9.17) is 15.6 Å². The number of H-pyrrole nitrogens is 1. The summed E-state index contributed by atoms with van der Waals surface area (Å²) in [6.07, 6.45) is 2.14. The van der Waals surface area contributed by atoms with E-state index in [1.807, 2.05) is 0 Å². The lowest BCUT2D eigenvalue weighted by molar-refractivity contribution is 0.280. The van der Waals surface area contributed by atoms with Crippen molar-refractivity contribution in [3.8, 4) is 0 Å². The number of anilines is 1. The maximum absolute atomic E-state index is 8.84. The Kier molecular flexibility index (Phi) is 3.90. The van der Waals surface area contributed by atoms with Gasteiger partial charge >= 0.3 is 0 Å². The summed E-state index contributed by atoms with van der Waals surface area (Å²) < 4.78 is 1.78. The average Bonchev–Trinajstić information content (AvgIpc) is 2.81. The Bertz CT molecular complexity index is 575. The van der Waals surface area contributed by atoms with Gasteiger partial charge in [0.05, 0.1) is 12.9 Å². The normalized spacial score (nSPS) is 11.0. The van der Waals surface area contributed by atoms with Crippen LogP contribution in [0.3, 0.4) is 0 Å². The van der Waals surface area contributed by atoms with Crippen LogP contribution < -0.4 is 10.8 Å². The quantitative estimate of drug-likeness (QED) is 0.452. The zero-order valence-corrected chi connectivity index (χ0v) is 9.85. The molecule has 0 aliphatic heterocycles. The molecule has 5 N–H and O–H groups in total. The first kappa shape index (κ1) is 12.5. The van der Waals surface area contributed by atoms with Crippen molar-refractivity contribution in [2.75, 3.05) is 25.1 Å². The van der Waals surface area contributed by atoms with Crippen LogP contribution in [0.15, 0.2) is 6.33 Å². The number of nitrogens with zero attached hydrogens (tertiary/aromatic N) is 3. The predicted molar refractivity (Wildman–Crippen MR) is 65.0 cm³/mol. The lowest BCUT2D eigenvalue weighted by Gasteiger charge is -2.04. The fraction of sp³-hybridized carbons (Fsp3) is 0.500. The lowest BCUT2D eigenvalue weighted by atomic mass is 10.4. The van der Waals surface area contributed by atoms with Crippen molar-refractivity contribution in [1.29, 1.82) is 5.41 Å². The lowest BCUT2D eigenvalue weighted by Crippen LogP contribution is -2.13. The third-order valence-corrected chi connectivity index (χ3v) is 2.48. The summed E-state index contributed by atoms with van der Waals surface area (Å²) in [5, 5.41) is 28.2. The van der Waals surface area contributed by atoms with Gasteiger partial charge in [0, 0.05) is 19.7 Å². The number of fused-ring (bicyclic) bond motifs is 1. The molecule has 0 atom stereocenters. The van der Waals surface area contributed by atoms with Crippen molar-refractivity contribution in [2.24, 2.45) is 0 Å². The van der Waals surface area contributed by atoms with E-state index < -0.39 is 0 Å². The Balaban J connectivity index is 2.38. The van der Waals surface area contributed by atoms with Crippen LogP contribution in [0.2, 0.25) is 0 Å². The molecule has 0 bridgehead atoms. The van der Waals surface area contributed by atoms with E-state index in [0.717, 1.165) is 0 Å². The number of hydrogen-bond acceptors (Lipinski definition) is 6. The number of rotatable bonds is 6. The first-order chi connectivity index (χ1) is 8.76. The Morgan fingerprint density at radius 1 is 1.39 bits per heavy atom. The molecule has 18 heavy (non-hydrogen) atoms. The fourth-order valence-corrected chi connectivity index (χ4v) is 1.65. The zero-order chi connectivity index (χ0) is 13.0. The van der Waals surface area contributed by atoms with Crippen molar-refractivity contribution in [3.05, 3.63) is 11.8 Å². The van der Waals surface area contributed by atoms with Crippen LogP contribution in [0.1, 0.15) is 6.42 Å². The van der Waals surface area contributed by atoms with Crippen LogP contribution in [-0.4, -0.2) is 49.5 Å². The van der Waals surface area contributed by atoms with Crippen molar-refractivity contribution in [1.82, 2.24) is 19.5 Å². The first-order valence-electron chi connectivity index (χ1n) is 5.71. The summed E-state index contributed by atoms with van der Waals surface area (Å²) in [5.74, 6) is 0.498. The molecule has 8 heteroatoms. The molecule has 98 valence electrons. The number of aliphatic hydroxyl groups excluding tert-OH is 2. The second-order valence-electron chi connectivity index (χ2n) is 3.80. The van der Waals surface area contributed by atoms with Gasteiger partial charge < -0.3 is 25.1 Å². The molecular formula is C10H16N6O2. The summed E-state index contributed by atoms with van der Waals surface area (Å²) >= 11 is 0. The van der Waals surface area contributed by atoms with Gasteiger partial charge in [0.2, 0.25) is 5.95 Å². The second-order valence-corrected chi connectivity index (χ2v) is 3.80. The van der Waals surface area contributed by atoms with E-state index in [1.54, 1.807) is 4.57 Å². The van der Waals surface area contributed by atoms with Crippen molar-refractivity contribution in [2.45, 2.75) is 13.0 Å². The van der Waals surface area contributed by atoms with Crippen LogP contribution in [0.5, 0.6) is 0 Å². The van der Waals surface area contributed by atoms with Crippen molar-refractivity contribution >= 4 is 17.1 Å². The number of aromatic amines is 1. The Labute approximate surface area is 103 Å². The molecule has 0 amide bonds. The van der Waals surface area contributed by atoms with Crippen LogP contribution in [0, 0.1) is 5.41 Å². The Morgan fingerprint density at radius 3 is 2.94 bits per heavy atom. The summed E-state index contributed by atoms with van der Waals surface area (Å²) in [6, 6.07) is 0. The van der Waals surface area contributed by atoms with E-state index in [2.05, 4.69) is 20.3 Å². The number of aromatic nitrogens is 4. The summed E-state index contributed by atoms with van der Waals surface area (Å²) in [6.45, 7) is 1.08. The van der Waals surface area contributed by atoms with Crippen LogP contribution in [0.25, 0.3) is 11.2 Å². The monoisotopic (exact) mass is 252 g/mol. The highest BCUT2D eigenvalue weighted by Gasteiger charge is 2.08. The van der Waals surface area contributed by atoms with E-state index in [9.17, 15) is 0 Å². The maximum atomic E-state index is 8.84. The topological polar surface area (TPSA) is 123 Å². The molecule has 0 unspecified atom stereocenters. The molecule has 0 aliphatic rings. The maximum Gasteiger partial charge on any atom is 0.202 e. The van der Waals surface area contributed by atoms with E-state index in [-0.39, 0.29) is 18.7 Å². The van der Waals surface area contributed by atoms with Crippen molar-refractivity contribution < 1.29 is 10.2 Å². The highest BCUT2D eigenvalue weighted by Crippen LogP contribution is 2.10. The first-order valence-corrected chi connectivity index (χ1v) is 5.71. The van der Waals surface area contributed by atoms with Gasteiger partial charge in [-0.25, -0.2) is 4.98 Å². The third-order valence-electron chi connectivity index (χ3n) is 2.48. The number of nitrogens with one attached hydrogen (secondary N) is 3. The molecule has 0 saturated carbocycles. The molecule has 2 heterocycles. The van der Waals surface area contributed by atoms with Gasteiger partial charge in [-0.2, -0.15) is 4.98 Å². The fourth-order valence-electron chi connectivity index (χ4n) is 1.65. The summed E-state index contributed by atoms with van der Waals surface area (Å²) in [5.41, 5.74) is 1.27. The van der Waals surface area contributed by atoms with Crippen LogP contribution in [-0.2, 0) is 6.54 Å². The van der Waals surface area contributed by atoms with Gasteiger partial charge in [0.1, 0.15) is 5.52 Å². The molecule has 8 nitrogen and oxygen atoms in total. The summed E-state index contributed by atoms with van der Waals surface area (Å²) in [7, 11) is 0. The minimum Gasteiger partial charge on any atom is -0.396 e. The standard InChI is InChI=1S/C10H16N6O2/c11-8-7-9(15-10(14-7)12-2-5-18)16(6-13-8)3-1-4-17/h6,11,17-18H,1-5H2,(H2,12,14,15). The minimum atomic E-state index is 0.00748. The van der Waals surface area contributed by atoms with Gasteiger partial charge in [0.25, 0.3) is 0 Å². The van der Waals surface area contributed by atoms with Gasteiger partial charge in [-0.1, -0.05) is 0 Å². The Hall–Kier alpha value is -1.93. The van der Waals surface area contributed by atoms with E-state index in [1.165, 1.54) is 6.33 Å². The minimum absolute atomic E-state index is 0.00748. The highest BCUT2D eigenvalue weighted by atomic mass is 16.3. The molecule has 0 aromatic carbocycles. The molecular weight excluding hydrogens is 236 g/mol. The van der Waals surface area contributed by atoms with Crippen LogP contribution >= 0.6 is 0 Å². The molecule has 0 saturated heterocycles. The van der Waals surface area contributed by atoms with Gasteiger partial charge in [-0.15, -0.1) is 0 Å². The van der Waals surface area contributed by atoms with Crippen LogP contribution in [0.4, 0.5) is 5.95 Å². The zero-order valence-electron chi connectivity index (χ0n) is 9.85. The molecule has 2 aromatic heterocycles. The van der Waals surface area contributed by atoms with Gasteiger partial charge in [0.15, 0.2) is 11.1 Å².